The molecule has 0 saturated heterocycles. The van der Waals surface area contributed by atoms with E-state index in [1.165, 1.54) is 32.1 Å². The van der Waals surface area contributed by atoms with Gasteiger partial charge in [0.1, 0.15) is 0 Å². The van der Waals surface area contributed by atoms with Gasteiger partial charge in [0.25, 0.3) is 0 Å². The summed E-state index contributed by atoms with van der Waals surface area (Å²) in [5.74, 6) is 1.55. The second-order valence-corrected chi connectivity index (χ2v) is 5.37. The van der Waals surface area contributed by atoms with Crippen molar-refractivity contribution >= 4 is 0 Å². The maximum atomic E-state index is 4.33. The van der Waals surface area contributed by atoms with Gasteiger partial charge in [0.2, 0.25) is 0 Å². The van der Waals surface area contributed by atoms with Crippen LogP contribution in [-0.2, 0) is 0 Å². The summed E-state index contributed by atoms with van der Waals surface area (Å²) in [5.41, 5.74) is 0.405. The third-order valence-corrected chi connectivity index (χ3v) is 3.33. The minimum Gasteiger partial charge on any atom is -0.0599 e. The van der Waals surface area contributed by atoms with E-state index >= 15 is 0 Å². The Labute approximate surface area is 77.7 Å². The lowest BCUT2D eigenvalue weighted by molar-refractivity contribution is 0.164. The fraction of sp³-hybridized carbons (Fsp3) is 0.917. The lowest BCUT2D eigenvalue weighted by Gasteiger charge is -2.36. The first-order valence-electron chi connectivity index (χ1n) is 5.35. The predicted molar refractivity (Wildman–Crippen MR) is 54.9 cm³/mol. The summed E-state index contributed by atoms with van der Waals surface area (Å²) in [6.45, 7) is 11.3. The zero-order valence-corrected chi connectivity index (χ0v) is 8.90. The highest BCUT2D eigenvalue weighted by Gasteiger charge is 2.28. The van der Waals surface area contributed by atoms with E-state index in [1.54, 1.807) is 0 Å². The summed E-state index contributed by atoms with van der Waals surface area (Å²) in [5, 5.41) is 0. The molecule has 1 aliphatic carbocycles. The zero-order chi connectivity index (χ0) is 9.19. The average molecular weight is 167 g/mol. The van der Waals surface area contributed by atoms with E-state index in [0.29, 0.717) is 11.3 Å². The Morgan fingerprint density at radius 3 is 2.00 bits per heavy atom. The Hall–Kier alpha value is 0. The molecule has 0 heteroatoms. The Morgan fingerprint density at radius 2 is 1.58 bits per heavy atom. The minimum atomic E-state index is 0.405. The molecule has 1 radical (unpaired) electrons. The van der Waals surface area contributed by atoms with Crippen molar-refractivity contribution in [1.29, 1.82) is 0 Å². The molecule has 0 spiro atoms. The van der Waals surface area contributed by atoms with E-state index in [2.05, 4.69) is 27.7 Å². The molecule has 12 heavy (non-hydrogen) atoms. The van der Waals surface area contributed by atoms with Crippen LogP contribution in [0, 0.1) is 24.2 Å². The molecule has 1 aliphatic rings. The molecule has 0 aromatic carbocycles. The molecule has 1 fully saturated rings. The SMILES string of the molecule is [CH2]C(C1CCCCC1)C(C)(C)C. The van der Waals surface area contributed by atoms with Crippen molar-refractivity contribution < 1.29 is 0 Å². The zero-order valence-electron chi connectivity index (χ0n) is 8.90. The van der Waals surface area contributed by atoms with E-state index in [1.807, 2.05) is 0 Å². The van der Waals surface area contributed by atoms with Crippen LogP contribution in [0.3, 0.4) is 0 Å². The normalized spacial score (nSPS) is 24.0. The standard InChI is InChI=1S/C12H23/c1-10(12(2,3)4)11-8-6-5-7-9-11/h10-11H,1,5-9H2,2-4H3. The van der Waals surface area contributed by atoms with Crippen LogP contribution in [0.15, 0.2) is 0 Å². The van der Waals surface area contributed by atoms with Crippen LogP contribution in [0.5, 0.6) is 0 Å². The van der Waals surface area contributed by atoms with Crippen LogP contribution >= 0.6 is 0 Å². The van der Waals surface area contributed by atoms with Gasteiger partial charge in [-0.15, -0.1) is 0 Å². The first kappa shape index (κ1) is 10.1. The molecule has 0 aromatic rings. The van der Waals surface area contributed by atoms with Gasteiger partial charge >= 0.3 is 0 Å². The summed E-state index contributed by atoms with van der Waals surface area (Å²) in [6.07, 6.45) is 7.17. The summed E-state index contributed by atoms with van der Waals surface area (Å²) in [7, 11) is 0. The van der Waals surface area contributed by atoms with Crippen molar-refractivity contribution in [3.63, 3.8) is 0 Å². The van der Waals surface area contributed by atoms with Crippen LogP contribution in [0.2, 0.25) is 0 Å². The van der Waals surface area contributed by atoms with Crippen molar-refractivity contribution in [2.75, 3.05) is 0 Å². The van der Waals surface area contributed by atoms with Gasteiger partial charge in [-0.2, -0.15) is 0 Å². The number of hydrogen-bond donors (Lipinski definition) is 0. The highest BCUT2D eigenvalue weighted by atomic mass is 14.3. The molecule has 0 heterocycles. The molecule has 1 unspecified atom stereocenters. The third kappa shape index (κ3) is 2.50. The summed E-state index contributed by atoms with van der Waals surface area (Å²) in [4.78, 5) is 0. The van der Waals surface area contributed by atoms with Gasteiger partial charge in [-0.25, -0.2) is 0 Å². The summed E-state index contributed by atoms with van der Waals surface area (Å²) in [6, 6.07) is 0. The van der Waals surface area contributed by atoms with Crippen molar-refractivity contribution in [3.8, 4) is 0 Å². The van der Waals surface area contributed by atoms with Crippen LogP contribution in [0.1, 0.15) is 52.9 Å². The van der Waals surface area contributed by atoms with Crippen molar-refractivity contribution in [1.82, 2.24) is 0 Å². The topological polar surface area (TPSA) is 0 Å². The maximum absolute atomic E-state index is 4.33. The lowest BCUT2D eigenvalue weighted by Crippen LogP contribution is -2.27. The molecule has 0 aliphatic heterocycles. The van der Waals surface area contributed by atoms with E-state index in [0.717, 1.165) is 5.92 Å². The van der Waals surface area contributed by atoms with Crippen LogP contribution in [0.25, 0.3) is 0 Å². The van der Waals surface area contributed by atoms with E-state index in [4.69, 9.17) is 0 Å². The predicted octanol–water partition coefficient (Wildman–Crippen LogP) is 4.06. The highest BCUT2D eigenvalue weighted by molar-refractivity contribution is 4.83. The number of hydrogen-bond acceptors (Lipinski definition) is 0. The molecular formula is C12H23. The monoisotopic (exact) mass is 167 g/mol. The maximum Gasteiger partial charge on any atom is -0.0337 e. The van der Waals surface area contributed by atoms with Gasteiger partial charge in [0, 0.05) is 0 Å². The van der Waals surface area contributed by atoms with Crippen molar-refractivity contribution in [2.45, 2.75) is 52.9 Å². The van der Waals surface area contributed by atoms with Crippen LogP contribution in [0.4, 0.5) is 0 Å². The summed E-state index contributed by atoms with van der Waals surface area (Å²) < 4.78 is 0. The van der Waals surface area contributed by atoms with Crippen LogP contribution in [-0.4, -0.2) is 0 Å². The van der Waals surface area contributed by atoms with Gasteiger partial charge in [-0.3, -0.25) is 0 Å². The van der Waals surface area contributed by atoms with E-state index in [9.17, 15) is 0 Å². The van der Waals surface area contributed by atoms with Gasteiger partial charge in [0.15, 0.2) is 0 Å². The fourth-order valence-corrected chi connectivity index (χ4v) is 2.24. The molecule has 0 amide bonds. The molecule has 0 bridgehead atoms. The molecule has 0 aromatic heterocycles. The third-order valence-electron chi connectivity index (χ3n) is 3.33. The second kappa shape index (κ2) is 3.81. The Kier molecular flexibility index (Phi) is 3.20. The summed E-state index contributed by atoms with van der Waals surface area (Å²) >= 11 is 0. The molecule has 1 saturated carbocycles. The molecule has 0 N–H and O–H groups in total. The fourth-order valence-electron chi connectivity index (χ4n) is 2.24. The quantitative estimate of drug-likeness (QED) is 0.552. The lowest BCUT2D eigenvalue weighted by atomic mass is 9.69. The van der Waals surface area contributed by atoms with Gasteiger partial charge < -0.3 is 0 Å². The number of rotatable bonds is 1. The smallest absolute Gasteiger partial charge is 0.0337 e. The average Bonchev–Trinajstić information content (AvgIpc) is 2.03. The second-order valence-electron chi connectivity index (χ2n) is 5.37. The van der Waals surface area contributed by atoms with Crippen LogP contribution < -0.4 is 0 Å². The Bertz CT molecular complexity index is 123. The van der Waals surface area contributed by atoms with E-state index in [-0.39, 0.29) is 0 Å². The van der Waals surface area contributed by atoms with E-state index < -0.39 is 0 Å². The molecule has 1 atom stereocenters. The Balaban J connectivity index is 2.45. The highest BCUT2D eigenvalue weighted by Crippen LogP contribution is 2.38. The Morgan fingerprint density at radius 1 is 1.08 bits per heavy atom. The minimum absolute atomic E-state index is 0.405. The molecule has 1 rings (SSSR count). The van der Waals surface area contributed by atoms with Crippen molar-refractivity contribution in [2.24, 2.45) is 17.3 Å². The van der Waals surface area contributed by atoms with Gasteiger partial charge in [-0.1, -0.05) is 52.9 Å². The molecule has 0 nitrogen and oxygen atoms in total. The first-order valence-corrected chi connectivity index (χ1v) is 5.35. The van der Waals surface area contributed by atoms with Gasteiger partial charge in [-0.05, 0) is 24.2 Å². The molecule has 71 valence electrons. The largest absolute Gasteiger partial charge is 0.0599 e. The first-order chi connectivity index (χ1) is 5.52. The molecular weight excluding hydrogens is 144 g/mol. The van der Waals surface area contributed by atoms with Crippen molar-refractivity contribution in [3.05, 3.63) is 6.92 Å². The van der Waals surface area contributed by atoms with Gasteiger partial charge in [0.05, 0.1) is 0 Å².